The Morgan fingerprint density at radius 2 is 1.23 bits per heavy atom. The third-order valence-corrected chi connectivity index (χ3v) is 14.7. The number of hydrogen-bond donors (Lipinski definition) is 6. The van der Waals surface area contributed by atoms with Gasteiger partial charge in [-0.3, -0.25) is 4.79 Å². The standard InChI is InChI=1S/C46H60N6O5/c1-29(20-23-40(53)57-4)35-21-22-36-41-37(28-39(46(35,36)3)52-44(56)49-33-18-12-7-13-19-33)45(2)25-24-34(50-42(54)47-31-14-8-5-9-15-31)26-30(45)27-38(41)51-43(55)48-32-16-10-6-11-17-32/h5-19,29-30,34-39,41H,20-28H2,1-4H3,(H2,47,50,54)(H2,48,51,55)(H2,49,52,56)/t29-,30+,34-,35-,36+,37+,38-,39+,41+,45+,46-/m1/s1. The maximum Gasteiger partial charge on any atom is 0.319 e. The van der Waals surface area contributed by atoms with E-state index < -0.39 is 0 Å². The highest BCUT2D eigenvalue weighted by atomic mass is 16.5. The van der Waals surface area contributed by atoms with Crippen molar-refractivity contribution in [2.24, 2.45) is 46.3 Å². The number of carbonyl (C=O) groups is 4. The molecule has 304 valence electrons. The van der Waals surface area contributed by atoms with Crippen molar-refractivity contribution in [3.05, 3.63) is 91.0 Å². The molecule has 6 N–H and O–H groups in total. The van der Waals surface area contributed by atoms with Gasteiger partial charge in [0.05, 0.1) is 7.11 Å². The number of anilines is 3. The average Bonchev–Trinajstić information content (AvgIpc) is 3.56. The summed E-state index contributed by atoms with van der Waals surface area (Å²) in [6.45, 7) is 7.05. The molecule has 4 aliphatic rings. The van der Waals surface area contributed by atoms with Crippen LogP contribution in [0.2, 0.25) is 0 Å². The van der Waals surface area contributed by atoms with Crippen LogP contribution in [-0.4, -0.2) is 49.3 Å². The molecule has 0 saturated heterocycles. The quantitative estimate of drug-likeness (QED) is 0.114. The Bertz CT molecular complexity index is 1860. The van der Waals surface area contributed by atoms with Crippen molar-refractivity contribution in [2.75, 3.05) is 23.1 Å². The van der Waals surface area contributed by atoms with E-state index in [4.69, 9.17) is 4.74 Å². The lowest BCUT2D eigenvalue weighted by Gasteiger charge is -2.65. The Morgan fingerprint density at radius 3 is 1.79 bits per heavy atom. The molecule has 4 fully saturated rings. The van der Waals surface area contributed by atoms with Gasteiger partial charge in [0.25, 0.3) is 0 Å². The molecule has 57 heavy (non-hydrogen) atoms. The van der Waals surface area contributed by atoms with Crippen LogP contribution in [0.15, 0.2) is 91.0 Å². The zero-order valence-corrected chi connectivity index (χ0v) is 33.8. The zero-order valence-electron chi connectivity index (χ0n) is 33.8. The number of nitrogens with one attached hydrogen (secondary N) is 6. The first-order chi connectivity index (χ1) is 27.5. The van der Waals surface area contributed by atoms with E-state index in [0.29, 0.717) is 12.8 Å². The smallest absolute Gasteiger partial charge is 0.319 e. The summed E-state index contributed by atoms with van der Waals surface area (Å²) in [5.74, 6) is 1.11. The summed E-state index contributed by atoms with van der Waals surface area (Å²) in [5.41, 5.74) is 1.86. The van der Waals surface area contributed by atoms with Gasteiger partial charge in [-0.1, -0.05) is 75.4 Å². The van der Waals surface area contributed by atoms with Crippen LogP contribution in [-0.2, 0) is 9.53 Å². The number of ether oxygens (including phenoxy) is 1. The van der Waals surface area contributed by atoms with Crippen LogP contribution < -0.4 is 31.9 Å². The molecule has 11 nitrogen and oxygen atoms in total. The molecule has 4 saturated carbocycles. The molecule has 0 bridgehead atoms. The van der Waals surface area contributed by atoms with E-state index >= 15 is 0 Å². The van der Waals surface area contributed by atoms with Crippen LogP contribution in [0.3, 0.4) is 0 Å². The lowest BCUT2D eigenvalue weighted by molar-refractivity contribution is -0.143. The van der Waals surface area contributed by atoms with E-state index in [0.717, 1.165) is 62.0 Å². The maximum atomic E-state index is 13.9. The molecule has 0 spiro atoms. The first-order valence-electron chi connectivity index (χ1n) is 20.9. The summed E-state index contributed by atoms with van der Waals surface area (Å²) in [5, 5.41) is 19.5. The molecule has 0 aromatic heterocycles. The minimum absolute atomic E-state index is 0.00641. The highest BCUT2D eigenvalue weighted by Crippen LogP contribution is 2.68. The molecule has 11 atom stereocenters. The lowest BCUT2D eigenvalue weighted by atomic mass is 9.42. The number of methoxy groups -OCH3 is 1. The van der Waals surface area contributed by atoms with E-state index in [2.05, 4.69) is 52.7 Å². The van der Waals surface area contributed by atoms with E-state index in [1.165, 1.54) is 7.11 Å². The van der Waals surface area contributed by atoms with Gasteiger partial charge < -0.3 is 36.6 Å². The summed E-state index contributed by atoms with van der Waals surface area (Å²) >= 11 is 0. The van der Waals surface area contributed by atoms with Crippen molar-refractivity contribution < 1.29 is 23.9 Å². The number of fused-ring (bicyclic) bond motifs is 5. The van der Waals surface area contributed by atoms with Crippen LogP contribution in [0.25, 0.3) is 0 Å². The first-order valence-corrected chi connectivity index (χ1v) is 20.9. The molecule has 6 amide bonds. The minimum Gasteiger partial charge on any atom is -0.469 e. The Kier molecular flexibility index (Phi) is 12.1. The first kappa shape index (κ1) is 40.1. The summed E-state index contributed by atoms with van der Waals surface area (Å²) in [4.78, 5) is 53.3. The molecule has 0 unspecified atom stereocenters. The normalized spacial score (nSPS) is 31.9. The van der Waals surface area contributed by atoms with Gasteiger partial charge in [0.15, 0.2) is 0 Å². The fourth-order valence-corrected chi connectivity index (χ4v) is 12.0. The molecule has 3 aromatic rings. The zero-order chi connectivity index (χ0) is 40.2. The van der Waals surface area contributed by atoms with Gasteiger partial charge in [0.2, 0.25) is 0 Å². The molecule has 3 aromatic carbocycles. The third-order valence-electron chi connectivity index (χ3n) is 14.7. The average molecular weight is 777 g/mol. The van der Waals surface area contributed by atoms with Crippen molar-refractivity contribution in [1.82, 2.24) is 16.0 Å². The van der Waals surface area contributed by atoms with Crippen molar-refractivity contribution in [3.63, 3.8) is 0 Å². The number of para-hydroxylation sites is 3. The van der Waals surface area contributed by atoms with Crippen molar-refractivity contribution in [1.29, 1.82) is 0 Å². The van der Waals surface area contributed by atoms with E-state index in [-0.39, 0.29) is 88.5 Å². The number of rotatable bonds is 10. The van der Waals surface area contributed by atoms with E-state index in [1.54, 1.807) is 0 Å². The lowest BCUT2D eigenvalue weighted by Crippen LogP contribution is -2.68. The molecule has 7 rings (SSSR count). The second-order valence-electron chi connectivity index (χ2n) is 17.6. The predicted octanol–water partition coefficient (Wildman–Crippen LogP) is 9.03. The number of amides is 6. The van der Waals surface area contributed by atoms with Gasteiger partial charge in [-0.15, -0.1) is 0 Å². The number of urea groups is 3. The summed E-state index contributed by atoms with van der Waals surface area (Å²) in [6.07, 6.45) is 7.21. The Labute approximate surface area is 337 Å². The van der Waals surface area contributed by atoms with Crippen LogP contribution in [0.4, 0.5) is 31.4 Å². The number of hydrogen-bond acceptors (Lipinski definition) is 5. The van der Waals surface area contributed by atoms with Crippen molar-refractivity contribution in [3.8, 4) is 0 Å². The van der Waals surface area contributed by atoms with E-state index in [9.17, 15) is 19.2 Å². The SMILES string of the molecule is COC(=O)CC[C@@H](C)[C@H]1CC[C@H]2[C@@H]3[C@H](NC(=O)Nc4ccccc4)C[C@@H]4C[C@H](NC(=O)Nc5ccccc5)CC[C@]4(C)[C@H]3C[C@H](NC(=O)Nc3ccccc3)[C@]12C. The molecule has 0 aliphatic heterocycles. The number of benzene rings is 3. The maximum absolute atomic E-state index is 13.9. The highest BCUT2D eigenvalue weighted by Gasteiger charge is 2.66. The largest absolute Gasteiger partial charge is 0.469 e. The molecule has 4 aliphatic carbocycles. The predicted molar refractivity (Wildman–Crippen MR) is 224 cm³/mol. The minimum atomic E-state index is -0.294. The molecule has 11 heteroatoms. The van der Waals surface area contributed by atoms with Gasteiger partial charge in [-0.2, -0.15) is 0 Å². The Morgan fingerprint density at radius 1 is 0.684 bits per heavy atom. The fraction of sp³-hybridized carbons (Fsp3) is 0.522. The second kappa shape index (κ2) is 17.2. The van der Waals surface area contributed by atoms with Crippen LogP contribution in [0.5, 0.6) is 0 Å². The molecule has 0 heterocycles. The highest BCUT2D eigenvalue weighted by molar-refractivity contribution is 5.90. The van der Waals surface area contributed by atoms with Crippen LogP contribution in [0, 0.1) is 46.3 Å². The topological polar surface area (TPSA) is 150 Å². The van der Waals surface area contributed by atoms with Gasteiger partial charge >= 0.3 is 24.1 Å². The molecule has 0 radical (unpaired) electrons. The van der Waals surface area contributed by atoms with Gasteiger partial charge in [0, 0.05) is 41.6 Å². The summed E-state index contributed by atoms with van der Waals surface area (Å²) in [6, 6.07) is 27.7. The van der Waals surface area contributed by atoms with E-state index in [1.807, 2.05) is 91.0 Å². The van der Waals surface area contributed by atoms with Crippen molar-refractivity contribution >= 4 is 41.1 Å². The number of esters is 1. The summed E-state index contributed by atoms with van der Waals surface area (Å²) in [7, 11) is 1.44. The Balaban J connectivity index is 1.19. The van der Waals surface area contributed by atoms with Crippen LogP contribution in [0.1, 0.15) is 78.6 Å². The summed E-state index contributed by atoms with van der Waals surface area (Å²) < 4.78 is 5.03. The van der Waals surface area contributed by atoms with Crippen molar-refractivity contribution in [2.45, 2.75) is 96.7 Å². The van der Waals surface area contributed by atoms with Gasteiger partial charge in [-0.05, 0) is 134 Å². The van der Waals surface area contributed by atoms with Gasteiger partial charge in [-0.25, -0.2) is 14.4 Å². The molecular weight excluding hydrogens is 717 g/mol. The number of carbonyl (C=O) groups excluding carboxylic acids is 4. The van der Waals surface area contributed by atoms with Gasteiger partial charge in [0.1, 0.15) is 0 Å². The third kappa shape index (κ3) is 8.62. The Hall–Kier alpha value is -5.06. The van der Waals surface area contributed by atoms with Crippen LogP contribution >= 0.6 is 0 Å². The molecular formula is C46H60N6O5. The fourth-order valence-electron chi connectivity index (χ4n) is 12.0. The monoisotopic (exact) mass is 776 g/mol. The second-order valence-corrected chi connectivity index (χ2v) is 17.6.